The molecule has 0 spiro atoms. The Morgan fingerprint density at radius 3 is 2.26 bits per heavy atom. The van der Waals surface area contributed by atoms with E-state index >= 15 is 0 Å². The van der Waals surface area contributed by atoms with Gasteiger partial charge in [-0.3, -0.25) is 0 Å². The molecule has 0 N–H and O–H groups in total. The van der Waals surface area contributed by atoms with Gasteiger partial charge < -0.3 is 0 Å². The molecule has 3 rings (SSSR count). The molecule has 1 fully saturated rings. The van der Waals surface area contributed by atoms with E-state index in [1.54, 1.807) is 5.56 Å². The number of hydrogen-bond donors (Lipinski definition) is 0. The van der Waals surface area contributed by atoms with Gasteiger partial charge in [-0.15, -0.1) is 0 Å². The van der Waals surface area contributed by atoms with Crippen LogP contribution in [-0.4, -0.2) is 0 Å². The molecule has 2 aromatic carbocycles. The first-order chi connectivity index (χ1) is 11.3. The fraction of sp³-hybridized carbons (Fsp3) is 0.478. The summed E-state index contributed by atoms with van der Waals surface area (Å²) in [6.45, 7) is 4.60. The van der Waals surface area contributed by atoms with Gasteiger partial charge in [-0.2, -0.15) is 0 Å². The lowest BCUT2D eigenvalue weighted by atomic mass is 9.76. The van der Waals surface area contributed by atoms with Crippen molar-refractivity contribution >= 4 is 0 Å². The molecular formula is C23H30. The van der Waals surface area contributed by atoms with Gasteiger partial charge in [0.05, 0.1) is 0 Å². The molecule has 2 aromatic rings. The third-order valence-electron chi connectivity index (χ3n) is 5.61. The molecule has 0 heterocycles. The van der Waals surface area contributed by atoms with Crippen molar-refractivity contribution in [3.05, 3.63) is 59.7 Å². The Labute approximate surface area is 141 Å². The van der Waals surface area contributed by atoms with Crippen molar-refractivity contribution in [2.45, 2.75) is 64.7 Å². The predicted molar refractivity (Wildman–Crippen MR) is 101 cm³/mol. The first-order valence-corrected chi connectivity index (χ1v) is 9.50. The van der Waals surface area contributed by atoms with Gasteiger partial charge in [0.1, 0.15) is 0 Å². The summed E-state index contributed by atoms with van der Waals surface area (Å²) in [5, 5.41) is 0. The van der Waals surface area contributed by atoms with Crippen LogP contribution < -0.4 is 0 Å². The van der Waals surface area contributed by atoms with Crippen LogP contribution in [0.5, 0.6) is 0 Å². The number of rotatable bonds is 5. The number of hydrogen-bond acceptors (Lipinski definition) is 0. The zero-order chi connectivity index (χ0) is 16.1. The normalized spacial score (nSPS) is 21.3. The van der Waals surface area contributed by atoms with Gasteiger partial charge >= 0.3 is 0 Å². The van der Waals surface area contributed by atoms with Crippen LogP contribution in [-0.2, 0) is 6.42 Å². The van der Waals surface area contributed by atoms with E-state index in [1.807, 2.05) is 0 Å². The summed E-state index contributed by atoms with van der Waals surface area (Å²) in [6, 6.07) is 18.1. The summed E-state index contributed by atoms with van der Waals surface area (Å²) in [7, 11) is 0. The molecule has 0 aromatic heterocycles. The maximum Gasteiger partial charge on any atom is -0.0152 e. The standard InChI is InChI=1S/C23H30/c1-3-8-18-11-13-20(14-12-18)22-15-16-23(19(4-2)17-22)21-9-6-5-7-10-21/h5-7,9-10,15-18,20H,3-4,8,11-14H2,1-2H3/t18-,20-. The molecule has 0 unspecified atom stereocenters. The minimum absolute atomic E-state index is 0.790. The topological polar surface area (TPSA) is 0 Å². The highest BCUT2D eigenvalue weighted by molar-refractivity contribution is 5.68. The van der Waals surface area contributed by atoms with E-state index in [0.29, 0.717) is 0 Å². The van der Waals surface area contributed by atoms with Gasteiger partial charge in [0.2, 0.25) is 0 Å². The Balaban J connectivity index is 1.78. The molecule has 122 valence electrons. The van der Waals surface area contributed by atoms with E-state index in [0.717, 1.165) is 18.3 Å². The highest BCUT2D eigenvalue weighted by atomic mass is 14.3. The molecule has 0 atom stereocenters. The number of benzene rings is 2. The van der Waals surface area contributed by atoms with Crippen molar-refractivity contribution in [2.75, 3.05) is 0 Å². The van der Waals surface area contributed by atoms with Crippen LogP contribution in [0.3, 0.4) is 0 Å². The van der Waals surface area contributed by atoms with Crippen molar-refractivity contribution in [3.63, 3.8) is 0 Å². The van der Waals surface area contributed by atoms with Gasteiger partial charge in [0, 0.05) is 0 Å². The van der Waals surface area contributed by atoms with Crippen LogP contribution in [0.2, 0.25) is 0 Å². The molecule has 0 heteroatoms. The third kappa shape index (κ3) is 3.86. The Bertz CT molecular complexity index is 603. The molecule has 0 nitrogen and oxygen atoms in total. The molecule has 23 heavy (non-hydrogen) atoms. The SMILES string of the molecule is CCC[C@H]1CC[C@H](c2ccc(-c3ccccc3)c(CC)c2)CC1. The van der Waals surface area contributed by atoms with Crippen LogP contribution in [0.1, 0.15) is 69.4 Å². The first kappa shape index (κ1) is 16.3. The monoisotopic (exact) mass is 306 g/mol. The Morgan fingerprint density at radius 1 is 0.870 bits per heavy atom. The van der Waals surface area contributed by atoms with Crippen molar-refractivity contribution in [1.29, 1.82) is 0 Å². The van der Waals surface area contributed by atoms with E-state index in [9.17, 15) is 0 Å². The lowest BCUT2D eigenvalue weighted by molar-refractivity contribution is 0.308. The molecule has 0 aliphatic heterocycles. The minimum Gasteiger partial charge on any atom is -0.0654 e. The highest BCUT2D eigenvalue weighted by Gasteiger charge is 2.22. The van der Waals surface area contributed by atoms with Gasteiger partial charge in [0.25, 0.3) is 0 Å². The predicted octanol–water partition coefficient (Wildman–Crippen LogP) is 6.99. The second kappa shape index (κ2) is 7.81. The van der Waals surface area contributed by atoms with Gasteiger partial charge in [-0.1, -0.05) is 75.2 Å². The Hall–Kier alpha value is -1.56. The molecule has 1 saturated carbocycles. The Kier molecular flexibility index (Phi) is 5.54. The quantitative estimate of drug-likeness (QED) is 0.558. The molecular weight excluding hydrogens is 276 g/mol. The van der Waals surface area contributed by atoms with E-state index in [2.05, 4.69) is 62.4 Å². The fourth-order valence-electron chi connectivity index (χ4n) is 4.25. The lowest BCUT2D eigenvalue weighted by Gasteiger charge is -2.29. The van der Waals surface area contributed by atoms with E-state index in [-0.39, 0.29) is 0 Å². The fourth-order valence-corrected chi connectivity index (χ4v) is 4.25. The highest BCUT2D eigenvalue weighted by Crippen LogP contribution is 2.38. The van der Waals surface area contributed by atoms with Crippen LogP contribution in [0, 0.1) is 5.92 Å². The average Bonchev–Trinajstić information content (AvgIpc) is 2.63. The molecule has 0 saturated heterocycles. The van der Waals surface area contributed by atoms with Crippen molar-refractivity contribution < 1.29 is 0 Å². The maximum absolute atomic E-state index is 2.49. The Morgan fingerprint density at radius 2 is 1.61 bits per heavy atom. The zero-order valence-corrected chi connectivity index (χ0v) is 14.7. The molecule has 0 amide bonds. The molecule has 1 aliphatic rings. The second-order valence-electron chi connectivity index (χ2n) is 7.14. The average molecular weight is 306 g/mol. The van der Waals surface area contributed by atoms with Crippen molar-refractivity contribution in [3.8, 4) is 11.1 Å². The van der Waals surface area contributed by atoms with Crippen LogP contribution in [0.15, 0.2) is 48.5 Å². The number of aryl methyl sites for hydroxylation is 1. The van der Waals surface area contributed by atoms with Crippen molar-refractivity contribution in [2.24, 2.45) is 5.92 Å². The van der Waals surface area contributed by atoms with Crippen LogP contribution in [0.25, 0.3) is 11.1 Å². The summed E-state index contributed by atoms with van der Waals surface area (Å²) in [5.74, 6) is 1.78. The second-order valence-corrected chi connectivity index (χ2v) is 7.14. The summed E-state index contributed by atoms with van der Waals surface area (Å²) in [6.07, 6.45) is 9.53. The summed E-state index contributed by atoms with van der Waals surface area (Å²) in [5.41, 5.74) is 5.85. The first-order valence-electron chi connectivity index (χ1n) is 9.50. The van der Waals surface area contributed by atoms with Crippen LogP contribution in [0.4, 0.5) is 0 Å². The van der Waals surface area contributed by atoms with Gasteiger partial charge in [0.15, 0.2) is 0 Å². The van der Waals surface area contributed by atoms with E-state index < -0.39 is 0 Å². The largest absolute Gasteiger partial charge is 0.0654 e. The van der Waals surface area contributed by atoms with E-state index in [1.165, 1.54) is 55.2 Å². The third-order valence-corrected chi connectivity index (χ3v) is 5.61. The summed E-state index contributed by atoms with van der Waals surface area (Å²) in [4.78, 5) is 0. The zero-order valence-electron chi connectivity index (χ0n) is 14.7. The van der Waals surface area contributed by atoms with Gasteiger partial charge in [-0.25, -0.2) is 0 Å². The summed E-state index contributed by atoms with van der Waals surface area (Å²) < 4.78 is 0. The maximum atomic E-state index is 2.49. The molecule has 0 radical (unpaired) electrons. The van der Waals surface area contributed by atoms with Gasteiger partial charge in [-0.05, 0) is 66.2 Å². The van der Waals surface area contributed by atoms with Crippen LogP contribution >= 0.6 is 0 Å². The van der Waals surface area contributed by atoms with E-state index in [4.69, 9.17) is 0 Å². The molecule has 1 aliphatic carbocycles. The molecule has 0 bridgehead atoms. The smallest absolute Gasteiger partial charge is 0.0152 e. The lowest BCUT2D eigenvalue weighted by Crippen LogP contribution is -2.13. The minimum atomic E-state index is 0.790. The van der Waals surface area contributed by atoms with Crippen molar-refractivity contribution in [1.82, 2.24) is 0 Å². The summed E-state index contributed by atoms with van der Waals surface area (Å²) >= 11 is 0.